The van der Waals surface area contributed by atoms with Crippen molar-refractivity contribution in [1.82, 2.24) is 9.88 Å². The molecule has 0 bridgehead atoms. The Balaban J connectivity index is 1.39. The van der Waals surface area contributed by atoms with Crippen LogP contribution in [0.25, 0.3) is 0 Å². The molecule has 0 amide bonds. The van der Waals surface area contributed by atoms with E-state index in [4.69, 9.17) is 5.11 Å². The van der Waals surface area contributed by atoms with Crippen LogP contribution < -0.4 is 4.90 Å². The number of pyridine rings is 1. The number of fused-ring (bicyclic) bond motifs is 1. The molecule has 2 aromatic rings. The van der Waals surface area contributed by atoms with Crippen molar-refractivity contribution in [3.8, 4) is 0 Å². The molecule has 1 N–H and O–H groups in total. The molecule has 5 heteroatoms. The number of nitrogens with zero attached hydrogens (tertiary/aromatic N) is 3. The highest BCUT2D eigenvalue weighted by Gasteiger charge is 2.27. The van der Waals surface area contributed by atoms with Gasteiger partial charge in [-0.05, 0) is 42.5 Å². The maximum absolute atomic E-state index is 11.1. The second kappa shape index (κ2) is 6.84. The van der Waals surface area contributed by atoms with E-state index in [1.807, 2.05) is 6.07 Å². The molecule has 0 radical (unpaired) electrons. The number of hydrogen-bond donors (Lipinski definition) is 1. The van der Waals surface area contributed by atoms with E-state index in [9.17, 15) is 4.79 Å². The van der Waals surface area contributed by atoms with Gasteiger partial charge in [-0.1, -0.05) is 30.3 Å². The summed E-state index contributed by atoms with van der Waals surface area (Å²) < 4.78 is 0. The molecular weight excluding hydrogens is 314 g/mol. The van der Waals surface area contributed by atoms with Gasteiger partial charge in [-0.15, -0.1) is 0 Å². The van der Waals surface area contributed by atoms with Crippen molar-refractivity contribution in [2.75, 3.05) is 31.1 Å². The molecule has 0 saturated carbocycles. The van der Waals surface area contributed by atoms with Crippen LogP contribution in [-0.4, -0.2) is 53.2 Å². The molecule has 5 nitrogen and oxygen atoms in total. The Labute approximate surface area is 147 Å². The topological polar surface area (TPSA) is 56.7 Å². The molecule has 2 heterocycles. The standard InChI is InChI=1S/C20H23N3O2/c24-20(25)18-6-3-7-19(21-18)23-12-10-22(11-13-23)17-9-8-15-4-1-2-5-16(15)14-17/h1-7,17H,8-14H2,(H,24,25)/t17-/m0/s1. The van der Waals surface area contributed by atoms with E-state index in [1.54, 1.807) is 12.1 Å². The third kappa shape index (κ3) is 3.37. The highest BCUT2D eigenvalue weighted by atomic mass is 16.4. The number of anilines is 1. The van der Waals surface area contributed by atoms with E-state index < -0.39 is 5.97 Å². The highest BCUT2D eigenvalue weighted by Crippen LogP contribution is 2.26. The Morgan fingerprint density at radius 1 is 1.00 bits per heavy atom. The second-order valence-electron chi connectivity index (χ2n) is 6.87. The van der Waals surface area contributed by atoms with E-state index in [0.717, 1.165) is 38.4 Å². The van der Waals surface area contributed by atoms with Crippen LogP contribution in [0.15, 0.2) is 42.5 Å². The van der Waals surface area contributed by atoms with Crippen LogP contribution in [0.5, 0.6) is 0 Å². The zero-order chi connectivity index (χ0) is 17.2. The fourth-order valence-corrected chi connectivity index (χ4v) is 4.02. The van der Waals surface area contributed by atoms with Gasteiger partial charge in [0.1, 0.15) is 5.82 Å². The average molecular weight is 337 g/mol. The van der Waals surface area contributed by atoms with Gasteiger partial charge in [0.25, 0.3) is 0 Å². The number of piperazine rings is 1. The maximum Gasteiger partial charge on any atom is 0.354 e. The lowest BCUT2D eigenvalue weighted by Crippen LogP contribution is -2.52. The number of rotatable bonds is 3. The third-order valence-electron chi connectivity index (χ3n) is 5.43. The van der Waals surface area contributed by atoms with E-state index >= 15 is 0 Å². The summed E-state index contributed by atoms with van der Waals surface area (Å²) in [6.45, 7) is 3.81. The van der Waals surface area contributed by atoms with Gasteiger partial charge in [0, 0.05) is 32.2 Å². The Morgan fingerprint density at radius 3 is 2.52 bits per heavy atom. The van der Waals surface area contributed by atoms with Gasteiger partial charge in [-0.25, -0.2) is 9.78 Å². The lowest BCUT2D eigenvalue weighted by molar-refractivity contribution is 0.0690. The van der Waals surface area contributed by atoms with Crippen LogP contribution in [0.4, 0.5) is 5.82 Å². The summed E-state index contributed by atoms with van der Waals surface area (Å²) in [6, 6.07) is 14.6. The van der Waals surface area contributed by atoms with Crippen LogP contribution in [-0.2, 0) is 12.8 Å². The summed E-state index contributed by atoms with van der Waals surface area (Å²) in [6.07, 6.45) is 3.54. The number of carbonyl (C=O) groups is 1. The minimum Gasteiger partial charge on any atom is -0.477 e. The summed E-state index contributed by atoms with van der Waals surface area (Å²) >= 11 is 0. The minimum absolute atomic E-state index is 0.115. The van der Waals surface area contributed by atoms with E-state index in [-0.39, 0.29) is 5.69 Å². The molecule has 4 rings (SSSR count). The fourth-order valence-electron chi connectivity index (χ4n) is 4.02. The molecule has 1 aromatic carbocycles. The molecular formula is C20H23N3O2. The zero-order valence-corrected chi connectivity index (χ0v) is 14.3. The normalized spacial score (nSPS) is 21.0. The first-order valence-corrected chi connectivity index (χ1v) is 8.97. The second-order valence-corrected chi connectivity index (χ2v) is 6.87. The molecule has 1 aromatic heterocycles. The van der Waals surface area contributed by atoms with Crippen LogP contribution in [0.2, 0.25) is 0 Å². The minimum atomic E-state index is -0.971. The van der Waals surface area contributed by atoms with E-state index in [1.165, 1.54) is 24.0 Å². The quantitative estimate of drug-likeness (QED) is 0.932. The Bertz CT molecular complexity index is 769. The van der Waals surface area contributed by atoms with Crippen LogP contribution in [0.1, 0.15) is 28.0 Å². The SMILES string of the molecule is O=C(O)c1cccc(N2CCN([C@H]3CCc4ccccc4C3)CC2)n1. The first-order valence-electron chi connectivity index (χ1n) is 8.97. The van der Waals surface area contributed by atoms with Crippen molar-refractivity contribution in [2.45, 2.75) is 25.3 Å². The van der Waals surface area contributed by atoms with Crippen LogP contribution >= 0.6 is 0 Å². The van der Waals surface area contributed by atoms with Crippen molar-refractivity contribution in [2.24, 2.45) is 0 Å². The van der Waals surface area contributed by atoms with Crippen molar-refractivity contribution >= 4 is 11.8 Å². The molecule has 130 valence electrons. The predicted octanol–water partition coefficient (Wildman–Crippen LogP) is 2.46. The number of carboxylic acids is 1. The molecule has 1 atom stereocenters. The van der Waals surface area contributed by atoms with Crippen LogP contribution in [0, 0.1) is 0 Å². The monoisotopic (exact) mass is 337 g/mol. The molecule has 1 aliphatic carbocycles. The summed E-state index contributed by atoms with van der Waals surface area (Å²) in [4.78, 5) is 20.2. The Kier molecular flexibility index (Phi) is 4.40. The summed E-state index contributed by atoms with van der Waals surface area (Å²) in [7, 11) is 0. The number of aryl methyl sites for hydroxylation is 1. The predicted molar refractivity (Wildman–Crippen MR) is 97.2 cm³/mol. The van der Waals surface area contributed by atoms with Crippen molar-refractivity contribution in [3.05, 3.63) is 59.3 Å². The fraction of sp³-hybridized carbons (Fsp3) is 0.400. The average Bonchev–Trinajstić information content (AvgIpc) is 2.68. The maximum atomic E-state index is 11.1. The summed E-state index contributed by atoms with van der Waals surface area (Å²) in [5.74, 6) is -0.199. The Hall–Kier alpha value is -2.40. The van der Waals surface area contributed by atoms with Crippen molar-refractivity contribution < 1.29 is 9.90 Å². The van der Waals surface area contributed by atoms with E-state index in [2.05, 4.69) is 39.0 Å². The molecule has 0 unspecified atom stereocenters. The lowest BCUT2D eigenvalue weighted by atomic mass is 9.87. The third-order valence-corrected chi connectivity index (χ3v) is 5.43. The lowest BCUT2D eigenvalue weighted by Gasteiger charge is -2.41. The molecule has 1 aliphatic heterocycles. The van der Waals surface area contributed by atoms with Gasteiger partial charge in [0.05, 0.1) is 0 Å². The van der Waals surface area contributed by atoms with Gasteiger partial charge in [0.2, 0.25) is 0 Å². The highest BCUT2D eigenvalue weighted by molar-refractivity contribution is 5.85. The van der Waals surface area contributed by atoms with Gasteiger partial charge in [-0.3, -0.25) is 4.90 Å². The summed E-state index contributed by atoms with van der Waals surface area (Å²) in [5.41, 5.74) is 3.12. The number of benzene rings is 1. The molecule has 0 spiro atoms. The Morgan fingerprint density at radius 2 is 1.76 bits per heavy atom. The van der Waals surface area contributed by atoms with Crippen molar-refractivity contribution in [3.63, 3.8) is 0 Å². The first-order chi connectivity index (χ1) is 12.2. The number of hydrogen-bond acceptors (Lipinski definition) is 4. The van der Waals surface area contributed by atoms with Crippen LogP contribution in [0.3, 0.4) is 0 Å². The smallest absolute Gasteiger partial charge is 0.354 e. The molecule has 25 heavy (non-hydrogen) atoms. The van der Waals surface area contributed by atoms with Gasteiger partial charge in [0.15, 0.2) is 5.69 Å². The van der Waals surface area contributed by atoms with E-state index in [0.29, 0.717) is 6.04 Å². The summed E-state index contributed by atoms with van der Waals surface area (Å²) in [5, 5.41) is 9.11. The van der Waals surface area contributed by atoms with Gasteiger partial charge >= 0.3 is 5.97 Å². The molecule has 1 saturated heterocycles. The number of aromatic nitrogens is 1. The zero-order valence-electron chi connectivity index (χ0n) is 14.3. The van der Waals surface area contributed by atoms with Gasteiger partial charge < -0.3 is 10.0 Å². The molecule has 2 aliphatic rings. The largest absolute Gasteiger partial charge is 0.477 e. The van der Waals surface area contributed by atoms with Crippen molar-refractivity contribution in [1.29, 1.82) is 0 Å². The van der Waals surface area contributed by atoms with Gasteiger partial charge in [-0.2, -0.15) is 0 Å². The molecule has 1 fully saturated rings. The number of carboxylic acid groups (broad SMARTS) is 1. The number of aromatic carboxylic acids is 1. The first kappa shape index (κ1) is 16.1.